The molecule has 0 radical (unpaired) electrons. The van der Waals surface area contributed by atoms with Crippen molar-refractivity contribution in [3.63, 3.8) is 0 Å². The van der Waals surface area contributed by atoms with Crippen LogP contribution < -0.4 is 10.1 Å². The summed E-state index contributed by atoms with van der Waals surface area (Å²) in [4.78, 5) is 23.6. The van der Waals surface area contributed by atoms with Crippen molar-refractivity contribution >= 4 is 23.6 Å². The van der Waals surface area contributed by atoms with Crippen molar-refractivity contribution < 1.29 is 19.1 Å². The third kappa shape index (κ3) is 5.80. The molecule has 0 aliphatic rings. The summed E-state index contributed by atoms with van der Waals surface area (Å²) in [7, 11) is 1.58. The topological polar surface area (TPSA) is 64.6 Å². The summed E-state index contributed by atoms with van der Waals surface area (Å²) in [6, 6.07) is 13.0. The number of aryl methyl sites for hydroxylation is 2. The standard InChI is InChI=1S/C20H21NO4/c1-14-7-8-15(2)18(11-14)21-19(22)13-25-20(23)10-9-16-5-4-6-17(12-16)24-3/h4-12H,13H2,1-3H3,(H,21,22)/b10-9+. The number of hydrogen-bond acceptors (Lipinski definition) is 4. The quantitative estimate of drug-likeness (QED) is 0.646. The molecule has 25 heavy (non-hydrogen) atoms. The number of nitrogens with one attached hydrogen (secondary N) is 1. The van der Waals surface area contributed by atoms with E-state index in [1.54, 1.807) is 19.3 Å². The first-order valence-electron chi connectivity index (χ1n) is 7.84. The third-order valence-electron chi connectivity index (χ3n) is 3.52. The zero-order valence-electron chi connectivity index (χ0n) is 14.5. The minimum atomic E-state index is -0.584. The van der Waals surface area contributed by atoms with Crippen molar-refractivity contribution in [2.75, 3.05) is 19.0 Å². The Morgan fingerprint density at radius 2 is 1.92 bits per heavy atom. The number of esters is 1. The summed E-state index contributed by atoms with van der Waals surface area (Å²) in [6.07, 6.45) is 2.88. The third-order valence-corrected chi connectivity index (χ3v) is 3.52. The number of methoxy groups -OCH3 is 1. The Labute approximate surface area is 147 Å². The summed E-state index contributed by atoms with van der Waals surface area (Å²) in [6.45, 7) is 3.51. The van der Waals surface area contributed by atoms with E-state index in [4.69, 9.17) is 9.47 Å². The fourth-order valence-electron chi connectivity index (χ4n) is 2.15. The van der Waals surface area contributed by atoms with E-state index in [0.717, 1.165) is 16.7 Å². The Morgan fingerprint density at radius 3 is 2.68 bits per heavy atom. The van der Waals surface area contributed by atoms with Crippen molar-refractivity contribution in [2.45, 2.75) is 13.8 Å². The normalized spacial score (nSPS) is 10.5. The summed E-state index contributed by atoms with van der Waals surface area (Å²) < 4.78 is 10.1. The Bertz CT molecular complexity index is 796. The van der Waals surface area contributed by atoms with Crippen LogP contribution in [0.4, 0.5) is 5.69 Å². The highest BCUT2D eigenvalue weighted by molar-refractivity contribution is 5.95. The second kappa shape index (κ2) is 8.68. The van der Waals surface area contributed by atoms with E-state index in [-0.39, 0.29) is 12.5 Å². The van der Waals surface area contributed by atoms with Gasteiger partial charge in [0.2, 0.25) is 0 Å². The van der Waals surface area contributed by atoms with Gasteiger partial charge in [-0.15, -0.1) is 0 Å². The number of carbonyl (C=O) groups excluding carboxylic acids is 2. The predicted molar refractivity (Wildman–Crippen MR) is 97.5 cm³/mol. The molecule has 2 aromatic carbocycles. The van der Waals surface area contributed by atoms with Gasteiger partial charge in [0.15, 0.2) is 6.61 Å². The second-order valence-corrected chi connectivity index (χ2v) is 5.58. The fraction of sp³-hybridized carbons (Fsp3) is 0.200. The molecule has 0 spiro atoms. The number of ether oxygens (including phenoxy) is 2. The van der Waals surface area contributed by atoms with Crippen molar-refractivity contribution in [1.82, 2.24) is 0 Å². The van der Waals surface area contributed by atoms with Crippen LogP contribution in [0.2, 0.25) is 0 Å². The predicted octanol–water partition coefficient (Wildman–Crippen LogP) is 3.51. The van der Waals surface area contributed by atoms with Crippen molar-refractivity contribution in [3.05, 3.63) is 65.2 Å². The minimum Gasteiger partial charge on any atom is -0.497 e. The van der Waals surface area contributed by atoms with Gasteiger partial charge in [0, 0.05) is 11.8 Å². The van der Waals surface area contributed by atoms with Gasteiger partial charge in [-0.3, -0.25) is 4.79 Å². The number of carbonyl (C=O) groups is 2. The molecule has 0 unspecified atom stereocenters. The molecule has 5 heteroatoms. The van der Waals surface area contributed by atoms with Gasteiger partial charge >= 0.3 is 5.97 Å². The molecule has 2 rings (SSSR count). The van der Waals surface area contributed by atoms with Crippen LogP contribution in [0.25, 0.3) is 6.08 Å². The van der Waals surface area contributed by atoms with Crippen LogP contribution in [-0.2, 0) is 14.3 Å². The lowest BCUT2D eigenvalue weighted by molar-refractivity contribution is -0.142. The largest absolute Gasteiger partial charge is 0.497 e. The van der Waals surface area contributed by atoms with Crippen LogP contribution in [0.5, 0.6) is 5.75 Å². The average molecular weight is 339 g/mol. The molecular formula is C20H21NO4. The van der Waals surface area contributed by atoms with E-state index in [9.17, 15) is 9.59 Å². The molecule has 0 aromatic heterocycles. The molecule has 0 aliphatic heterocycles. The molecule has 0 atom stereocenters. The molecule has 1 N–H and O–H groups in total. The molecule has 130 valence electrons. The molecule has 0 bridgehead atoms. The fourth-order valence-corrected chi connectivity index (χ4v) is 2.15. The maximum Gasteiger partial charge on any atom is 0.331 e. The highest BCUT2D eigenvalue weighted by atomic mass is 16.5. The first-order valence-corrected chi connectivity index (χ1v) is 7.84. The molecular weight excluding hydrogens is 318 g/mol. The van der Waals surface area contributed by atoms with Gasteiger partial charge in [-0.05, 0) is 54.8 Å². The van der Waals surface area contributed by atoms with E-state index in [0.29, 0.717) is 11.4 Å². The average Bonchev–Trinajstić information content (AvgIpc) is 2.61. The molecule has 0 fully saturated rings. The van der Waals surface area contributed by atoms with Crippen LogP contribution in [0.15, 0.2) is 48.5 Å². The smallest absolute Gasteiger partial charge is 0.331 e. The number of rotatable bonds is 6. The van der Waals surface area contributed by atoms with Crippen LogP contribution in [0, 0.1) is 13.8 Å². The molecule has 1 amide bonds. The monoisotopic (exact) mass is 339 g/mol. The molecule has 2 aromatic rings. The van der Waals surface area contributed by atoms with Gasteiger partial charge in [0.25, 0.3) is 5.91 Å². The number of hydrogen-bond donors (Lipinski definition) is 1. The maximum absolute atomic E-state index is 11.9. The molecule has 0 saturated carbocycles. The van der Waals surface area contributed by atoms with Crippen LogP contribution >= 0.6 is 0 Å². The van der Waals surface area contributed by atoms with Gasteiger partial charge in [0.05, 0.1) is 7.11 Å². The van der Waals surface area contributed by atoms with Gasteiger partial charge < -0.3 is 14.8 Å². The van der Waals surface area contributed by atoms with Gasteiger partial charge in [-0.25, -0.2) is 4.79 Å². The van der Waals surface area contributed by atoms with Gasteiger partial charge in [0.1, 0.15) is 5.75 Å². The lowest BCUT2D eigenvalue weighted by atomic mass is 10.1. The lowest BCUT2D eigenvalue weighted by Crippen LogP contribution is -2.20. The number of benzene rings is 2. The van der Waals surface area contributed by atoms with Crippen molar-refractivity contribution in [1.29, 1.82) is 0 Å². The molecule has 0 heterocycles. The highest BCUT2D eigenvalue weighted by Crippen LogP contribution is 2.16. The van der Waals surface area contributed by atoms with Crippen LogP contribution in [0.3, 0.4) is 0 Å². The molecule has 0 saturated heterocycles. The first-order chi connectivity index (χ1) is 12.0. The Kier molecular flexibility index (Phi) is 6.34. The van der Waals surface area contributed by atoms with E-state index < -0.39 is 5.97 Å². The SMILES string of the molecule is COc1cccc(/C=C/C(=O)OCC(=O)Nc2cc(C)ccc2C)c1. The minimum absolute atomic E-state index is 0.339. The van der Waals surface area contributed by atoms with E-state index >= 15 is 0 Å². The van der Waals surface area contributed by atoms with E-state index in [2.05, 4.69) is 5.32 Å². The molecule has 0 aliphatic carbocycles. The van der Waals surface area contributed by atoms with E-state index in [1.165, 1.54) is 6.08 Å². The van der Waals surface area contributed by atoms with Crippen LogP contribution in [0.1, 0.15) is 16.7 Å². The van der Waals surface area contributed by atoms with E-state index in [1.807, 2.05) is 50.2 Å². The van der Waals surface area contributed by atoms with Crippen molar-refractivity contribution in [2.24, 2.45) is 0 Å². The van der Waals surface area contributed by atoms with Crippen molar-refractivity contribution in [3.8, 4) is 5.75 Å². The lowest BCUT2D eigenvalue weighted by Gasteiger charge is -2.09. The summed E-state index contributed by atoms with van der Waals surface area (Å²) >= 11 is 0. The Morgan fingerprint density at radius 1 is 1.12 bits per heavy atom. The van der Waals surface area contributed by atoms with Crippen LogP contribution in [-0.4, -0.2) is 25.6 Å². The summed E-state index contributed by atoms with van der Waals surface area (Å²) in [5, 5.41) is 2.74. The second-order valence-electron chi connectivity index (χ2n) is 5.58. The molecule has 5 nitrogen and oxygen atoms in total. The number of anilines is 1. The number of amides is 1. The van der Waals surface area contributed by atoms with Gasteiger partial charge in [-0.2, -0.15) is 0 Å². The zero-order chi connectivity index (χ0) is 18.2. The van der Waals surface area contributed by atoms with Gasteiger partial charge in [-0.1, -0.05) is 24.3 Å². The zero-order valence-corrected chi connectivity index (χ0v) is 14.5. The Balaban J connectivity index is 1.85. The highest BCUT2D eigenvalue weighted by Gasteiger charge is 2.07. The summed E-state index contributed by atoms with van der Waals surface area (Å²) in [5.41, 5.74) is 3.51. The first kappa shape index (κ1) is 18.3. The Hall–Kier alpha value is -3.08. The summed E-state index contributed by atoms with van der Waals surface area (Å²) in [5.74, 6) is -0.265. The maximum atomic E-state index is 11.9.